The molecule has 0 aromatic carbocycles. The standard InChI is InChI=1S/C19H25N3O5S/c1-6-9-27-18(24)15-13(4)16(19(25)26-5)28-17(15)20-14(23)7-8-22-12(3)10-11(2)21-22/h10H,6-9H2,1-5H3,(H,20,23). The number of hydrogen-bond acceptors (Lipinski definition) is 7. The summed E-state index contributed by atoms with van der Waals surface area (Å²) < 4.78 is 11.7. The van der Waals surface area contributed by atoms with E-state index in [4.69, 9.17) is 9.47 Å². The molecule has 0 saturated carbocycles. The van der Waals surface area contributed by atoms with Crippen LogP contribution in [0.5, 0.6) is 0 Å². The lowest BCUT2D eigenvalue weighted by Crippen LogP contribution is -2.17. The summed E-state index contributed by atoms with van der Waals surface area (Å²) >= 11 is 1.01. The number of thiophene rings is 1. The van der Waals surface area contributed by atoms with Crippen molar-refractivity contribution in [1.82, 2.24) is 9.78 Å². The highest BCUT2D eigenvalue weighted by molar-refractivity contribution is 7.18. The summed E-state index contributed by atoms with van der Waals surface area (Å²) in [5, 5.41) is 7.35. The van der Waals surface area contributed by atoms with Crippen molar-refractivity contribution in [3.8, 4) is 0 Å². The third-order valence-corrected chi connectivity index (χ3v) is 5.25. The van der Waals surface area contributed by atoms with Crippen LogP contribution >= 0.6 is 11.3 Å². The predicted molar refractivity (Wildman–Crippen MR) is 106 cm³/mol. The van der Waals surface area contributed by atoms with Gasteiger partial charge in [-0.2, -0.15) is 5.10 Å². The first-order valence-electron chi connectivity index (χ1n) is 8.98. The van der Waals surface area contributed by atoms with Gasteiger partial charge in [0.2, 0.25) is 5.91 Å². The van der Waals surface area contributed by atoms with E-state index in [0.29, 0.717) is 18.5 Å². The number of nitrogens with zero attached hydrogens (tertiary/aromatic N) is 2. The molecule has 2 heterocycles. The first kappa shape index (κ1) is 21.6. The van der Waals surface area contributed by atoms with Crippen LogP contribution < -0.4 is 5.32 Å². The number of nitrogens with one attached hydrogen (secondary N) is 1. The smallest absolute Gasteiger partial charge is 0.348 e. The first-order valence-corrected chi connectivity index (χ1v) is 9.79. The van der Waals surface area contributed by atoms with Crippen LogP contribution in [0.15, 0.2) is 6.07 Å². The molecular weight excluding hydrogens is 382 g/mol. The van der Waals surface area contributed by atoms with Crippen molar-refractivity contribution in [2.24, 2.45) is 0 Å². The van der Waals surface area contributed by atoms with E-state index in [2.05, 4.69) is 10.4 Å². The van der Waals surface area contributed by atoms with E-state index >= 15 is 0 Å². The number of rotatable bonds is 8. The Morgan fingerprint density at radius 2 is 1.93 bits per heavy atom. The predicted octanol–water partition coefficient (Wildman–Crippen LogP) is 3.25. The zero-order valence-electron chi connectivity index (χ0n) is 16.7. The number of aromatic nitrogens is 2. The van der Waals surface area contributed by atoms with Gasteiger partial charge in [0.15, 0.2) is 0 Å². The number of esters is 2. The summed E-state index contributed by atoms with van der Waals surface area (Å²) in [5.41, 5.74) is 2.48. The number of methoxy groups -OCH3 is 1. The second-order valence-electron chi connectivity index (χ2n) is 6.34. The van der Waals surface area contributed by atoms with Crippen molar-refractivity contribution in [3.05, 3.63) is 33.5 Å². The summed E-state index contributed by atoms with van der Waals surface area (Å²) in [7, 11) is 1.27. The van der Waals surface area contributed by atoms with Crippen LogP contribution in [0.25, 0.3) is 0 Å². The van der Waals surface area contributed by atoms with Crippen LogP contribution in [0.1, 0.15) is 56.7 Å². The highest BCUT2D eigenvalue weighted by Crippen LogP contribution is 2.34. The Hall–Kier alpha value is -2.68. The molecule has 2 rings (SSSR count). The number of amides is 1. The molecular formula is C19H25N3O5S. The number of aryl methyl sites for hydroxylation is 3. The minimum atomic E-state index is -0.570. The second-order valence-corrected chi connectivity index (χ2v) is 7.36. The molecule has 152 valence electrons. The molecule has 0 atom stereocenters. The highest BCUT2D eigenvalue weighted by Gasteiger charge is 2.27. The molecule has 1 N–H and O–H groups in total. The van der Waals surface area contributed by atoms with Gasteiger partial charge in [0, 0.05) is 18.7 Å². The number of anilines is 1. The molecule has 0 spiro atoms. The van der Waals surface area contributed by atoms with Gasteiger partial charge in [0.05, 0.1) is 25.0 Å². The molecule has 1 amide bonds. The fourth-order valence-electron chi connectivity index (χ4n) is 2.70. The molecule has 2 aromatic rings. The minimum Gasteiger partial charge on any atom is -0.465 e. The summed E-state index contributed by atoms with van der Waals surface area (Å²) in [6, 6.07) is 1.94. The highest BCUT2D eigenvalue weighted by atomic mass is 32.1. The summed E-state index contributed by atoms with van der Waals surface area (Å²) in [5.74, 6) is -1.41. The molecule has 0 saturated heterocycles. The third kappa shape index (κ3) is 4.98. The largest absolute Gasteiger partial charge is 0.465 e. The van der Waals surface area contributed by atoms with Gasteiger partial charge >= 0.3 is 11.9 Å². The monoisotopic (exact) mass is 407 g/mol. The van der Waals surface area contributed by atoms with Gasteiger partial charge in [-0.15, -0.1) is 11.3 Å². The van der Waals surface area contributed by atoms with E-state index in [0.717, 1.165) is 22.7 Å². The Labute approximate surface area is 167 Å². The second kappa shape index (κ2) is 9.50. The molecule has 9 heteroatoms. The maximum absolute atomic E-state index is 12.4. The fraction of sp³-hybridized carbons (Fsp3) is 0.474. The van der Waals surface area contributed by atoms with E-state index in [1.54, 1.807) is 11.6 Å². The normalized spacial score (nSPS) is 10.6. The van der Waals surface area contributed by atoms with Gasteiger partial charge in [-0.1, -0.05) is 6.92 Å². The molecule has 0 fully saturated rings. The topological polar surface area (TPSA) is 99.5 Å². The average Bonchev–Trinajstić information content (AvgIpc) is 3.15. The van der Waals surface area contributed by atoms with Gasteiger partial charge in [0.1, 0.15) is 9.88 Å². The maximum atomic E-state index is 12.4. The number of carbonyl (C=O) groups excluding carboxylic acids is 3. The van der Waals surface area contributed by atoms with Crippen molar-refractivity contribution < 1.29 is 23.9 Å². The van der Waals surface area contributed by atoms with Crippen LogP contribution in [0.2, 0.25) is 0 Å². The van der Waals surface area contributed by atoms with Gasteiger partial charge < -0.3 is 14.8 Å². The fourth-order valence-corrected chi connectivity index (χ4v) is 3.83. The zero-order chi connectivity index (χ0) is 20.8. The molecule has 0 aliphatic heterocycles. The van der Waals surface area contributed by atoms with Crippen LogP contribution in [0.3, 0.4) is 0 Å². The minimum absolute atomic E-state index is 0.177. The van der Waals surface area contributed by atoms with Gasteiger partial charge in [-0.25, -0.2) is 9.59 Å². The van der Waals surface area contributed by atoms with Crippen molar-refractivity contribution in [2.45, 2.75) is 47.1 Å². The lowest BCUT2D eigenvalue weighted by Gasteiger charge is -2.08. The summed E-state index contributed by atoms with van der Waals surface area (Å²) in [6.07, 6.45) is 0.846. The van der Waals surface area contributed by atoms with Crippen molar-refractivity contribution in [2.75, 3.05) is 19.0 Å². The van der Waals surface area contributed by atoms with Crippen LogP contribution in [-0.4, -0.2) is 41.3 Å². The lowest BCUT2D eigenvalue weighted by molar-refractivity contribution is -0.116. The van der Waals surface area contributed by atoms with Gasteiger partial charge in [-0.3, -0.25) is 9.48 Å². The molecule has 0 radical (unpaired) electrons. The lowest BCUT2D eigenvalue weighted by atomic mass is 10.1. The summed E-state index contributed by atoms with van der Waals surface area (Å²) in [6.45, 7) is 8.00. The zero-order valence-corrected chi connectivity index (χ0v) is 17.6. The number of ether oxygens (including phenoxy) is 2. The number of hydrogen-bond donors (Lipinski definition) is 1. The maximum Gasteiger partial charge on any atom is 0.348 e. The SMILES string of the molecule is CCCOC(=O)c1c(NC(=O)CCn2nc(C)cc2C)sc(C(=O)OC)c1C. The quantitative estimate of drug-likeness (QED) is 0.674. The van der Waals surface area contributed by atoms with Crippen LogP contribution in [0.4, 0.5) is 5.00 Å². The number of carbonyl (C=O) groups is 3. The molecule has 0 aliphatic rings. The molecule has 0 aliphatic carbocycles. The van der Waals surface area contributed by atoms with Crippen molar-refractivity contribution >= 4 is 34.2 Å². The molecule has 28 heavy (non-hydrogen) atoms. The van der Waals surface area contributed by atoms with Gasteiger partial charge in [0.25, 0.3) is 0 Å². The van der Waals surface area contributed by atoms with Crippen LogP contribution in [-0.2, 0) is 20.8 Å². The van der Waals surface area contributed by atoms with Gasteiger partial charge in [-0.05, 0) is 38.8 Å². The van der Waals surface area contributed by atoms with E-state index in [-0.39, 0.29) is 34.4 Å². The van der Waals surface area contributed by atoms with E-state index < -0.39 is 11.9 Å². The van der Waals surface area contributed by atoms with Crippen LogP contribution in [0, 0.1) is 20.8 Å². The molecule has 2 aromatic heterocycles. The Bertz CT molecular complexity index is 885. The molecule has 0 unspecified atom stereocenters. The van der Waals surface area contributed by atoms with E-state index in [1.165, 1.54) is 7.11 Å². The molecule has 8 nitrogen and oxygen atoms in total. The third-order valence-electron chi connectivity index (χ3n) is 4.07. The van der Waals surface area contributed by atoms with Crippen molar-refractivity contribution in [3.63, 3.8) is 0 Å². The Balaban J connectivity index is 2.19. The van der Waals surface area contributed by atoms with E-state index in [1.807, 2.05) is 26.8 Å². The summed E-state index contributed by atoms with van der Waals surface area (Å²) in [4.78, 5) is 37.1. The Morgan fingerprint density at radius 3 is 2.50 bits per heavy atom. The molecule has 0 bridgehead atoms. The Kier molecular flexibility index (Phi) is 7.33. The first-order chi connectivity index (χ1) is 13.3. The van der Waals surface area contributed by atoms with E-state index in [9.17, 15) is 14.4 Å². The Morgan fingerprint density at radius 1 is 1.21 bits per heavy atom. The van der Waals surface area contributed by atoms with Crippen molar-refractivity contribution in [1.29, 1.82) is 0 Å². The average molecular weight is 407 g/mol.